The largest absolute Gasteiger partial charge is 0.480 e. The first-order valence-corrected chi connectivity index (χ1v) is 7.15. The van der Waals surface area contributed by atoms with Crippen LogP contribution >= 0.6 is 15.9 Å². The molecule has 0 saturated heterocycles. The standard InChI is InChI=1S/C14H17BrN2O4/c1-9(2)17(8-13(19)20)12(18)7-16-14(21)10-4-3-5-11(15)6-10/h3-6,9H,7-8H2,1-2H3,(H,16,21)(H,19,20). The summed E-state index contributed by atoms with van der Waals surface area (Å²) in [5, 5.41) is 11.3. The highest BCUT2D eigenvalue weighted by molar-refractivity contribution is 9.10. The van der Waals surface area contributed by atoms with E-state index in [4.69, 9.17) is 5.11 Å². The number of halogens is 1. The molecule has 0 aliphatic carbocycles. The lowest BCUT2D eigenvalue weighted by molar-refractivity contribution is -0.145. The zero-order chi connectivity index (χ0) is 16.0. The van der Waals surface area contributed by atoms with Crippen molar-refractivity contribution in [2.24, 2.45) is 0 Å². The number of carboxylic acid groups (broad SMARTS) is 1. The Labute approximate surface area is 131 Å². The van der Waals surface area contributed by atoms with E-state index in [2.05, 4.69) is 21.2 Å². The van der Waals surface area contributed by atoms with Crippen LogP contribution in [0.4, 0.5) is 0 Å². The molecule has 7 heteroatoms. The molecule has 0 aliphatic rings. The Morgan fingerprint density at radius 1 is 1.33 bits per heavy atom. The number of benzene rings is 1. The van der Waals surface area contributed by atoms with Gasteiger partial charge in [-0.2, -0.15) is 0 Å². The molecule has 0 radical (unpaired) electrons. The van der Waals surface area contributed by atoms with Crippen LogP contribution in [0.1, 0.15) is 24.2 Å². The summed E-state index contributed by atoms with van der Waals surface area (Å²) in [5.41, 5.74) is 0.423. The number of hydrogen-bond donors (Lipinski definition) is 2. The Morgan fingerprint density at radius 2 is 2.00 bits per heavy atom. The van der Waals surface area contributed by atoms with Gasteiger partial charge in [-0.1, -0.05) is 22.0 Å². The summed E-state index contributed by atoms with van der Waals surface area (Å²) in [6.45, 7) is 2.81. The number of amides is 2. The van der Waals surface area contributed by atoms with Gasteiger partial charge in [-0.25, -0.2) is 0 Å². The van der Waals surface area contributed by atoms with Crippen molar-refractivity contribution in [2.75, 3.05) is 13.1 Å². The molecule has 6 nitrogen and oxygen atoms in total. The Hall–Kier alpha value is -1.89. The quantitative estimate of drug-likeness (QED) is 0.808. The van der Waals surface area contributed by atoms with Gasteiger partial charge in [0.1, 0.15) is 6.54 Å². The summed E-state index contributed by atoms with van der Waals surface area (Å²) in [7, 11) is 0. The van der Waals surface area contributed by atoms with E-state index in [1.807, 2.05) is 0 Å². The Bertz CT molecular complexity index is 546. The molecule has 21 heavy (non-hydrogen) atoms. The third-order valence-corrected chi connectivity index (χ3v) is 3.23. The second-order valence-electron chi connectivity index (χ2n) is 4.70. The van der Waals surface area contributed by atoms with Crippen LogP contribution in [0.5, 0.6) is 0 Å². The predicted molar refractivity (Wildman–Crippen MR) is 81.0 cm³/mol. The summed E-state index contributed by atoms with van der Waals surface area (Å²) in [5.74, 6) is -1.91. The molecule has 0 fully saturated rings. The van der Waals surface area contributed by atoms with Crippen LogP contribution in [0, 0.1) is 0 Å². The first-order chi connectivity index (χ1) is 9.81. The fourth-order valence-electron chi connectivity index (χ4n) is 1.69. The molecule has 0 aromatic heterocycles. The van der Waals surface area contributed by atoms with Crippen molar-refractivity contribution in [3.05, 3.63) is 34.3 Å². The molecule has 2 amide bonds. The zero-order valence-corrected chi connectivity index (χ0v) is 13.4. The van der Waals surface area contributed by atoms with Crippen LogP contribution in [0.15, 0.2) is 28.7 Å². The van der Waals surface area contributed by atoms with Crippen molar-refractivity contribution < 1.29 is 19.5 Å². The maximum absolute atomic E-state index is 12.0. The van der Waals surface area contributed by atoms with Gasteiger partial charge in [0.2, 0.25) is 5.91 Å². The maximum atomic E-state index is 12.0. The van der Waals surface area contributed by atoms with E-state index in [9.17, 15) is 14.4 Å². The minimum Gasteiger partial charge on any atom is -0.480 e. The highest BCUT2D eigenvalue weighted by Gasteiger charge is 2.20. The van der Waals surface area contributed by atoms with E-state index in [0.29, 0.717) is 5.56 Å². The fourth-order valence-corrected chi connectivity index (χ4v) is 2.09. The summed E-state index contributed by atoms with van der Waals surface area (Å²) in [6.07, 6.45) is 0. The van der Waals surface area contributed by atoms with Crippen molar-refractivity contribution in [1.29, 1.82) is 0 Å². The highest BCUT2D eigenvalue weighted by Crippen LogP contribution is 2.11. The summed E-state index contributed by atoms with van der Waals surface area (Å²) >= 11 is 3.26. The summed E-state index contributed by atoms with van der Waals surface area (Å²) < 4.78 is 0.760. The monoisotopic (exact) mass is 356 g/mol. The van der Waals surface area contributed by atoms with Gasteiger partial charge in [0.15, 0.2) is 0 Å². The molecule has 114 valence electrons. The molecule has 0 aliphatic heterocycles. The normalized spacial score (nSPS) is 10.3. The van der Waals surface area contributed by atoms with Gasteiger partial charge >= 0.3 is 5.97 Å². The molecule has 0 atom stereocenters. The molecule has 1 aromatic rings. The molecule has 0 saturated carbocycles. The lowest BCUT2D eigenvalue weighted by Gasteiger charge is -2.24. The number of carbonyl (C=O) groups is 3. The van der Waals surface area contributed by atoms with Gasteiger partial charge in [-0.15, -0.1) is 0 Å². The van der Waals surface area contributed by atoms with E-state index in [0.717, 1.165) is 4.47 Å². The van der Waals surface area contributed by atoms with E-state index < -0.39 is 11.9 Å². The minimum atomic E-state index is -1.09. The molecule has 0 unspecified atom stereocenters. The topological polar surface area (TPSA) is 86.7 Å². The summed E-state index contributed by atoms with van der Waals surface area (Å²) in [6, 6.07) is 6.51. The molecule has 1 rings (SSSR count). The van der Waals surface area contributed by atoms with Gasteiger partial charge in [0.25, 0.3) is 5.91 Å². The van der Waals surface area contributed by atoms with E-state index in [1.165, 1.54) is 4.90 Å². The second-order valence-corrected chi connectivity index (χ2v) is 5.62. The molecule has 1 aromatic carbocycles. The second kappa shape index (κ2) is 7.78. The number of nitrogens with one attached hydrogen (secondary N) is 1. The summed E-state index contributed by atoms with van der Waals surface area (Å²) in [4.78, 5) is 35.8. The van der Waals surface area contributed by atoms with Gasteiger partial charge in [-0.05, 0) is 32.0 Å². The average molecular weight is 357 g/mol. The van der Waals surface area contributed by atoms with Crippen molar-refractivity contribution >= 4 is 33.7 Å². The lowest BCUT2D eigenvalue weighted by atomic mass is 10.2. The molecule has 0 heterocycles. The van der Waals surface area contributed by atoms with Crippen molar-refractivity contribution in [1.82, 2.24) is 10.2 Å². The first kappa shape index (κ1) is 17.2. The van der Waals surface area contributed by atoms with Gasteiger partial charge in [-0.3, -0.25) is 14.4 Å². The van der Waals surface area contributed by atoms with Gasteiger partial charge < -0.3 is 15.3 Å². The van der Waals surface area contributed by atoms with Crippen LogP contribution in [-0.2, 0) is 9.59 Å². The van der Waals surface area contributed by atoms with Crippen molar-refractivity contribution in [2.45, 2.75) is 19.9 Å². The number of carboxylic acids is 1. The van der Waals surface area contributed by atoms with Crippen LogP contribution in [0.25, 0.3) is 0 Å². The van der Waals surface area contributed by atoms with Crippen molar-refractivity contribution in [3.63, 3.8) is 0 Å². The van der Waals surface area contributed by atoms with E-state index in [1.54, 1.807) is 38.1 Å². The van der Waals surface area contributed by atoms with Gasteiger partial charge in [0, 0.05) is 16.1 Å². The maximum Gasteiger partial charge on any atom is 0.323 e. The van der Waals surface area contributed by atoms with Crippen molar-refractivity contribution in [3.8, 4) is 0 Å². The zero-order valence-electron chi connectivity index (χ0n) is 11.8. The molecule has 0 spiro atoms. The number of nitrogens with zero attached hydrogens (tertiary/aromatic N) is 1. The number of carbonyl (C=O) groups excluding carboxylic acids is 2. The average Bonchev–Trinajstić information content (AvgIpc) is 2.41. The SMILES string of the molecule is CC(C)N(CC(=O)O)C(=O)CNC(=O)c1cccc(Br)c1. The lowest BCUT2D eigenvalue weighted by Crippen LogP contribution is -2.45. The number of aliphatic carboxylic acids is 1. The molecule has 2 N–H and O–H groups in total. The van der Waals surface area contributed by atoms with Crippen LogP contribution in [-0.4, -0.2) is 46.9 Å². The first-order valence-electron chi connectivity index (χ1n) is 6.36. The van der Waals surface area contributed by atoms with Gasteiger partial charge in [0.05, 0.1) is 6.54 Å². The molecule has 0 bridgehead atoms. The van der Waals surface area contributed by atoms with E-state index in [-0.39, 0.29) is 25.0 Å². The third kappa shape index (κ3) is 5.55. The number of rotatable bonds is 6. The minimum absolute atomic E-state index is 0.239. The van der Waals surface area contributed by atoms with Crippen LogP contribution in [0.2, 0.25) is 0 Å². The smallest absolute Gasteiger partial charge is 0.323 e. The Morgan fingerprint density at radius 3 is 2.52 bits per heavy atom. The molecular formula is C14H17BrN2O4. The number of hydrogen-bond acceptors (Lipinski definition) is 3. The van der Waals surface area contributed by atoms with E-state index >= 15 is 0 Å². The predicted octanol–water partition coefficient (Wildman–Crippen LogP) is 1.50. The third-order valence-electron chi connectivity index (χ3n) is 2.74. The molecular weight excluding hydrogens is 340 g/mol. The Balaban J connectivity index is 2.62. The van der Waals surface area contributed by atoms with Crippen LogP contribution in [0.3, 0.4) is 0 Å². The Kier molecular flexibility index (Phi) is 6.36. The fraction of sp³-hybridized carbons (Fsp3) is 0.357. The van der Waals surface area contributed by atoms with Crippen LogP contribution < -0.4 is 5.32 Å². The highest BCUT2D eigenvalue weighted by atomic mass is 79.9.